The van der Waals surface area contributed by atoms with E-state index in [2.05, 4.69) is 16.9 Å². The molecule has 5 heteroatoms. The topological polar surface area (TPSA) is 66.3 Å². The largest absolute Gasteiger partial charge is 0.477 e. The lowest BCUT2D eigenvalue weighted by molar-refractivity contribution is 0.0690. The van der Waals surface area contributed by atoms with Crippen LogP contribution in [0.4, 0.5) is 5.95 Å². The second-order valence-corrected chi connectivity index (χ2v) is 4.69. The lowest BCUT2D eigenvalue weighted by atomic mass is 10.2. The van der Waals surface area contributed by atoms with Gasteiger partial charge in [0.25, 0.3) is 0 Å². The molecule has 1 atom stereocenters. The highest BCUT2D eigenvalue weighted by Crippen LogP contribution is 2.35. The number of aromatic nitrogens is 2. The van der Waals surface area contributed by atoms with Crippen LogP contribution < -0.4 is 4.90 Å². The van der Waals surface area contributed by atoms with E-state index in [-0.39, 0.29) is 5.69 Å². The summed E-state index contributed by atoms with van der Waals surface area (Å²) in [4.78, 5) is 21.3. The predicted molar refractivity (Wildman–Crippen MR) is 64.3 cm³/mol. The lowest BCUT2D eigenvalue weighted by Crippen LogP contribution is -2.32. The molecule has 92 valence electrons. The van der Waals surface area contributed by atoms with Gasteiger partial charge in [-0.2, -0.15) is 0 Å². The highest BCUT2D eigenvalue weighted by molar-refractivity contribution is 5.85. The quantitative estimate of drug-likeness (QED) is 0.860. The third-order valence-corrected chi connectivity index (χ3v) is 3.29. The molecule has 0 aromatic carbocycles. The first-order chi connectivity index (χ1) is 7.99. The van der Waals surface area contributed by atoms with Gasteiger partial charge in [0.2, 0.25) is 5.95 Å². The van der Waals surface area contributed by atoms with Gasteiger partial charge in [-0.25, -0.2) is 14.8 Å². The van der Waals surface area contributed by atoms with Crippen molar-refractivity contribution in [1.82, 2.24) is 9.97 Å². The minimum atomic E-state index is -1.01. The van der Waals surface area contributed by atoms with Crippen LogP contribution in [0.3, 0.4) is 0 Å². The van der Waals surface area contributed by atoms with Gasteiger partial charge in [0.1, 0.15) is 0 Å². The summed E-state index contributed by atoms with van der Waals surface area (Å²) in [5.41, 5.74) is 0.740. The Morgan fingerprint density at radius 1 is 1.53 bits per heavy atom. The second kappa shape index (κ2) is 4.31. The van der Waals surface area contributed by atoms with Crippen molar-refractivity contribution in [2.45, 2.75) is 32.7 Å². The average Bonchev–Trinajstić information content (AvgIpc) is 3.10. The molecule has 0 bridgehead atoms. The van der Waals surface area contributed by atoms with E-state index in [1.54, 1.807) is 6.92 Å². The van der Waals surface area contributed by atoms with E-state index in [9.17, 15) is 4.79 Å². The normalized spacial score (nSPS) is 16.6. The number of carboxylic acids is 1. The molecule has 1 fully saturated rings. The monoisotopic (exact) mass is 235 g/mol. The summed E-state index contributed by atoms with van der Waals surface area (Å²) in [5.74, 6) is 0.184. The van der Waals surface area contributed by atoms with Crippen LogP contribution in [-0.2, 0) is 0 Å². The number of carbonyl (C=O) groups is 1. The fraction of sp³-hybridized carbons (Fsp3) is 0.583. The number of hydrogen-bond donors (Lipinski definition) is 1. The van der Waals surface area contributed by atoms with Gasteiger partial charge in [-0.05, 0) is 38.7 Å². The van der Waals surface area contributed by atoms with E-state index in [0.29, 0.717) is 23.6 Å². The molecule has 5 nitrogen and oxygen atoms in total. The average molecular weight is 235 g/mol. The van der Waals surface area contributed by atoms with E-state index in [4.69, 9.17) is 5.11 Å². The zero-order chi connectivity index (χ0) is 12.6. The maximum Gasteiger partial charge on any atom is 0.354 e. The first-order valence-corrected chi connectivity index (χ1v) is 5.81. The summed E-state index contributed by atoms with van der Waals surface area (Å²) in [5, 5.41) is 8.97. The van der Waals surface area contributed by atoms with Gasteiger partial charge < -0.3 is 10.0 Å². The van der Waals surface area contributed by atoms with Crippen molar-refractivity contribution in [3.63, 3.8) is 0 Å². The van der Waals surface area contributed by atoms with Crippen LogP contribution in [0.25, 0.3) is 0 Å². The third-order valence-electron chi connectivity index (χ3n) is 3.29. The van der Waals surface area contributed by atoms with Crippen molar-refractivity contribution >= 4 is 11.9 Å². The standard InChI is InChI=1S/C12H17N3O2/c1-7-6-10(11(16)17)14-12(13-7)15(3)8(2)9-4-5-9/h6,8-9H,4-5H2,1-3H3,(H,16,17). The SMILES string of the molecule is Cc1cc(C(=O)O)nc(N(C)C(C)C2CC2)n1. The Balaban J connectivity index is 2.27. The Morgan fingerprint density at radius 3 is 2.71 bits per heavy atom. The molecule has 2 rings (SSSR count). The van der Waals surface area contributed by atoms with E-state index in [1.807, 2.05) is 11.9 Å². The molecule has 1 aliphatic rings. The predicted octanol–water partition coefficient (Wildman–Crippen LogP) is 1.72. The number of rotatable bonds is 4. The number of aryl methyl sites for hydroxylation is 1. The molecule has 0 aliphatic heterocycles. The molecule has 1 aliphatic carbocycles. The van der Waals surface area contributed by atoms with E-state index < -0.39 is 5.97 Å². The van der Waals surface area contributed by atoms with Gasteiger partial charge in [-0.3, -0.25) is 0 Å². The summed E-state index contributed by atoms with van der Waals surface area (Å²) in [6.45, 7) is 3.91. The zero-order valence-corrected chi connectivity index (χ0v) is 10.3. The highest BCUT2D eigenvalue weighted by Gasteiger charge is 2.31. The molecule has 1 aromatic heterocycles. The van der Waals surface area contributed by atoms with Gasteiger partial charge in [0.05, 0.1) is 0 Å². The molecule has 1 unspecified atom stereocenters. The van der Waals surface area contributed by atoms with E-state index in [0.717, 1.165) is 0 Å². The number of hydrogen-bond acceptors (Lipinski definition) is 4. The Bertz CT molecular complexity index is 443. The minimum absolute atomic E-state index is 0.0577. The first kappa shape index (κ1) is 11.8. The van der Waals surface area contributed by atoms with Crippen LogP contribution in [0.15, 0.2) is 6.07 Å². The maximum absolute atomic E-state index is 10.9. The summed E-state index contributed by atoms with van der Waals surface area (Å²) in [7, 11) is 1.92. The smallest absolute Gasteiger partial charge is 0.354 e. The summed E-state index contributed by atoms with van der Waals surface area (Å²) >= 11 is 0. The molecule has 1 aromatic rings. The summed E-state index contributed by atoms with van der Waals surface area (Å²) < 4.78 is 0. The Labute approximate surface area is 100 Å². The number of nitrogens with zero attached hydrogens (tertiary/aromatic N) is 3. The molecule has 17 heavy (non-hydrogen) atoms. The van der Waals surface area contributed by atoms with E-state index >= 15 is 0 Å². The molecule has 0 spiro atoms. The molecule has 0 amide bonds. The Hall–Kier alpha value is -1.65. The van der Waals surface area contributed by atoms with Gasteiger partial charge in [0.15, 0.2) is 5.69 Å². The molecule has 1 N–H and O–H groups in total. The molecule has 1 heterocycles. The van der Waals surface area contributed by atoms with Crippen LogP contribution in [0.2, 0.25) is 0 Å². The number of aromatic carboxylic acids is 1. The van der Waals surface area contributed by atoms with Crippen molar-refractivity contribution in [1.29, 1.82) is 0 Å². The lowest BCUT2D eigenvalue weighted by Gasteiger charge is -2.25. The van der Waals surface area contributed by atoms with Gasteiger partial charge in [0, 0.05) is 18.8 Å². The summed E-state index contributed by atoms with van der Waals surface area (Å²) in [6, 6.07) is 1.85. The fourth-order valence-electron chi connectivity index (χ4n) is 1.90. The molecule has 0 radical (unpaired) electrons. The number of anilines is 1. The van der Waals surface area contributed by atoms with Crippen LogP contribution in [0.1, 0.15) is 35.9 Å². The maximum atomic E-state index is 10.9. The van der Waals surface area contributed by atoms with E-state index in [1.165, 1.54) is 18.9 Å². The van der Waals surface area contributed by atoms with Gasteiger partial charge in [-0.15, -0.1) is 0 Å². The minimum Gasteiger partial charge on any atom is -0.477 e. The highest BCUT2D eigenvalue weighted by atomic mass is 16.4. The molecule has 0 saturated heterocycles. The van der Waals surface area contributed by atoms with Gasteiger partial charge >= 0.3 is 5.97 Å². The van der Waals surface area contributed by atoms with Crippen LogP contribution in [0, 0.1) is 12.8 Å². The molecular weight excluding hydrogens is 218 g/mol. The van der Waals surface area contributed by atoms with Crippen molar-refractivity contribution in [2.24, 2.45) is 5.92 Å². The van der Waals surface area contributed by atoms with Crippen LogP contribution in [-0.4, -0.2) is 34.1 Å². The second-order valence-electron chi connectivity index (χ2n) is 4.69. The number of carboxylic acid groups (broad SMARTS) is 1. The van der Waals surface area contributed by atoms with Gasteiger partial charge in [-0.1, -0.05) is 0 Å². The van der Waals surface area contributed by atoms with Crippen LogP contribution >= 0.6 is 0 Å². The van der Waals surface area contributed by atoms with Crippen LogP contribution in [0.5, 0.6) is 0 Å². The zero-order valence-electron chi connectivity index (χ0n) is 10.3. The van der Waals surface area contributed by atoms with Crippen molar-refractivity contribution in [2.75, 3.05) is 11.9 Å². The molecule has 1 saturated carbocycles. The third kappa shape index (κ3) is 2.54. The van der Waals surface area contributed by atoms with Crippen molar-refractivity contribution < 1.29 is 9.90 Å². The van der Waals surface area contributed by atoms with Crippen molar-refractivity contribution in [3.05, 3.63) is 17.5 Å². The van der Waals surface area contributed by atoms with Crippen molar-refractivity contribution in [3.8, 4) is 0 Å². The summed E-state index contributed by atoms with van der Waals surface area (Å²) in [6.07, 6.45) is 2.48. The Morgan fingerprint density at radius 2 is 2.18 bits per heavy atom. The fourth-order valence-corrected chi connectivity index (χ4v) is 1.90. The Kier molecular flexibility index (Phi) is 3.00. The first-order valence-electron chi connectivity index (χ1n) is 5.81. The molecular formula is C12H17N3O2.